The maximum absolute atomic E-state index is 6.02. The van der Waals surface area contributed by atoms with Crippen molar-refractivity contribution in [2.75, 3.05) is 25.1 Å². The van der Waals surface area contributed by atoms with Gasteiger partial charge in [-0.1, -0.05) is 0 Å². The fourth-order valence-electron chi connectivity index (χ4n) is 2.50. The van der Waals surface area contributed by atoms with Crippen molar-refractivity contribution in [3.05, 3.63) is 42.9 Å². The standard InChI is InChI=1S/C16H19N3O2/c1-20-13-2-4-14(5-3-13)21-15-6-10-19(11-7-15)16-12-17-8-9-18-16/h2-5,8-9,12,15H,6-7,10-11H2,1H3. The molecule has 1 aliphatic rings. The lowest BCUT2D eigenvalue weighted by Crippen LogP contribution is -2.38. The fraction of sp³-hybridized carbons (Fsp3) is 0.375. The van der Waals surface area contributed by atoms with Gasteiger partial charge in [-0.15, -0.1) is 0 Å². The Balaban J connectivity index is 1.53. The van der Waals surface area contributed by atoms with Gasteiger partial charge in [-0.3, -0.25) is 4.98 Å². The zero-order chi connectivity index (χ0) is 14.5. The van der Waals surface area contributed by atoms with Gasteiger partial charge in [0.1, 0.15) is 23.4 Å². The highest BCUT2D eigenvalue weighted by Gasteiger charge is 2.21. The molecule has 0 aliphatic carbocycles. The first kappa shape index (κ1) is 13.7. The van der Waals surface area contributed by atoms with Crippen LogP contribution in [0.15, 0.2) is 42.9 Å². The largest absolute Gasteiger partial charge is 0.497 e. The van der Waals surface area contributed by atoms with Crippen LogP contribution in [0.2, 0.25) is 0 Å². The van der Waals surface area contributed by atoms with Crippen LogP contribution in [-0.4, -0.2) is 36.3 Å². The van der Waals surface area contributed by atoms with Crippen molar-refractivity contribution in [3.8, 4) is 11.5 Å². The molecule has 0 bridgehead atoms. The molecule has 2 heterocycles. The molecule has 1 aromatic heterocycles. The summed E-state index contributed by atoms with van der Waals surface area (Å²) in [7, 11) is 1.66. The number of anilines is 1. The van der Waals surface area contributed by atoms with Crippen molar-refractivity contribution < 1.29 is 9.47 Å². The highest BCUT2D eigenvalue weighted by Crippen LogP contribution is 2.23. The van der Waals surface area contributed by atoms with Gasteiger partial charge in [-0.2, -0.15) is 0 Å². The third-order valence-corrected chi connectivity index (χ3v) is 3.68. The molecular formula is C16H19N3O2. The number of benzene rings is 1. The molecule has 5 heteroatoms. The number of nitrogens with zero attached hydrogens (tertiary/aromatic N) is 3. The van der Waals surface area contributed by atoms with Crippen LogP contribution in [0, 0.1) is 0 Å². The summed E-state index contributed by atoms with van der Waals surface area (Å²) in [5, 5.41) is 0. The normalized spacial score (nSPS) is 15.8. The van der Waals surface area contributed by atoms with E-state index in [9.17, 15) is 0 Å². The monoisotopic (exact) mass is 285 g/mol. The number of hydrogen-bond donors (Lipinski definition) is 0. The lowest BCUT2D eigenvalue weighted by Gasteiger charge is -2.32. The molecular weight excluding hydrogens is 266 g/mol. The number of hydrogen-bond acceptors (Lipinski definition) is 5. The average molecular weight is 285 g/mol. The van der Waals surface area contributed by atoms with E-state index in [2.05, 4.69) is 14.9 Å². The smallest absolute Gasteiger partial charge is 0.147 e. The predicted molar refractivity (Wildman–Crippen MR) is 80.9 cm³/mol. The van der Waals surface area contributed by atoms with Gasteiger partial charge in [0, 0.05) is 38.3 Å². The predicted octanol–water partition coefficient (Wildman–Crippen LogP) is 2.53. The maximum Gasteiger partial charge on any atom is 0.147 e. The minimum absolute atomic E-state index is 0.256. The van der Waals surface area contributed by atoms with Crippen LogP contribution in [-0.2, 0) is 0 Å². The summed E-state index contributed by atoms with van der Waals surface area (Å²) < 4.78 is 11.2. The van der Waals surface area contributed by atoms with E-state index >= 15 is 0 Å². The lowest BCUT2D eigenvalue weighted by atomic mass is 10.1. The Morgan fingerprint density at radius 1 is 1.05 bits per heavy atom. The van der Waals surface area contributed by atoms with Crippen molar-refractivity contribution >= 4 is 5.82 Å². The topological polar surface area (TPSA) is 47.5 Å². The zero-order valence-electron chi connectivity index (χ0n) is 12.1. The van der Waals surface area contributed by atoms with Crippen LogP contribution >= 0.6 is 0 Å². The van der Waals surface area contributed by atoms with Crippen LogP contribution in [0.3, 0.4) is 0 Å². The van der Waals surface area contributed by atoms with Crippen LogP contribution in [0.25, 0.3) is 0 Å². The van der Waals surface area contributed by atoms with E-state index < -0.39 is 0 Å². The molecule has 2 aromatic rings. The number of piperidine rings is 1. The van der Waals surface area contributed by atoms with Gasteiger partial charge in [-0.25, -0.2) is 4.98 Å². The molecule has 0 saturated carbocycles. The average Bonchev–Trinajstić information content (AvgIpc) is 2.57. The summed E-state index contributed by atoms with van der Waals surface area (Å²) in [6.45, 7) is 1.89. The number of aromatic nitrogens is 2. The molecule has 0 atom stereocenters. The van der Waals surface area contributed by atoms with E-state index in [1.165, 1.54) is 0 Å². The van der Waals surface area contributed by atoms with Crippen molar-refractivity contribution in [3.63, 3.8) is 0 Å². The second-order valence-electron chi connectivity index (χ2n) is 5.04. The van der Waals surface area contributed by atoms with Crippen LogP contribution in [0.5, 0.6) is 11.5 Å². The summed E-state index contributed by atoms with van der Waals surface area (Å²) >= 11 is 0. The summed E-state index contributed by atoms with van der Waals surface area (Å²) in [6.07, 6.45) is 7.47. The molecule has 5 nitrogen and oxygen atoms in total. The van der Waals surface area contributed by atoms with Gasteiger partial charge in [0.05, 0.1) is 13.3 Å². The van der Waals surface area contributed by atoms with E-state index in [1.54, 1.807) is 19.5 Å². The molecule has 110 valence electrons. The Bertz CT molecular complexity index is 551. The zero-order valence-corrected chi connectivity index (χ0v) is 12.1. The summed E-state index contributed by atoms with van der Waals surface area (Å²) in [6, 6.07) is 7.75. The first-order valence-corrected chi connectivity index (χ1v) is 7.17. The summed E-state index contributed by atoms with van der Waals surface area (Å²) in [5.41, 5.74) is 0. The molecule has 0 spiro atoms. The van der Waals surface area contributed by atoms with Crippen molar-refractivity contribution in [2.24, 2.45) is 0 Å². The Labute approximate surface area is 124 Å². The van der Waals surface area contributed by atoms with Crippen molar-refractivity contribution in [1.29, 1.82) is 0 Å². The third-order valence-electron chi connectivity index (χ3n) is 3.68. The molecule has 0 amide bonds. The van der Waals surface area contributed by atoms with Gasteiger partial charge in [0.25, 0.3) is 0 Å². The Kier molecular flexibility index (Phi) is 4.19. The quantitative estimate of drug-likeness (QED) is 0.864. The van der Waals surface area contributed by atoms with Gasteiger partial charge in [0.2, 0.25) is 0 Å². The molecule has 1 aromatic carbocycles. The molecule has 1 aliphatic heterocycles. The number of ether oxygens (including phenoxy) is 2. The second kappa shape index (κ2) is 6.43. The molecule has 0 radical (unpaired) electrons. The second-order valence-corrected chi connectivity index (χ2v) is 5.04. The number of methoxy groups -OCH3 is 1. The minimum Gasteiger partial charge on any atom is -0.497 e. The van der Waals surface area contributed by atoms with Crippen molar-refractivity contribution in [1.82, 2.24) is 9.97 Å². The fourth-order valence-corrected chi connectivity index (χ4v) is 2.50. The van der Waals surface area contributed by atoms with Crippen LogP contribution in [0.1, 0.15) is 12.8 Å². The van der Waals surface area contributed by atoms with Gasteiger partial charge in [0.15, 0.2) is 0 Å². The van der Waals surface area contributed by atoms with Crippen LogP contribution < -0.4 is 14.4 Å². The van der Waals surface area contributed by atoms with E-state index in [0.29, 0.717) is 0 Å². The molecule has 0 N–H and O–H groups in total. The highest BCUT2D eigenvalue weighted by atomic mass is 16.5. The van der Waals surface area contributed by atoms with E-state index in [1.807, 2.05) is 30.5 Å². The summed E-state index contributed by atoms with van der Waals surface area (Å²) in [5.74, 6) is 2.69. The Morgan fingerprint density at radius 3 is 2.38 bits per heavy atom. The minimum atomic E-state index is 0.256. The van der Waals surface area contributed by atoms with Crippen molar-refractivity contribution in [2.45, 2.75) is 18.9 Å². The molecule has 1 fully saturated rings. The lowest BCUT2D eigenvalue weighted by molar-refractivity contribution is 0.170. The molecule has 1 saturated heterocycles. The molecule has 3 rings (SSSR count). The Hall–Kier alpha value is -2.30. The van der Waals surface area contributed by atoms with Gasteiger partial charge >= 0.3 is 0 Å². The SMILES string of the molecule is COc1ccc(OC2CCN(c3cnccn3)CC2)cc1. The first-order chi connectivity index (χ1) is 10.3. The molecule has 0 unspecified atom stereocenters. The van der Waals surface area contributed by atoms with E-state index in [4.69, 9.17) is 9.47 Å². The highest BCUT2D eigenvalue weighted by molar-refractivity contribution is 5.36. The van der Waals surface area contributed by atoms with Gasteiger partial charge < -0.3 is 14.4 Å². The first-order valence-electron chi connectivity index (χ1n) is 7.17. The third kappa shape index (κ3) is 3.42. The van der Waals surface area contributed by atoms with Gasteiger partial charge in [-0.05, 0) is 24.3 Å². The van der Waals surface area contributed by atoms with E-state index in [-0.39, 0.29) is 6.10 Å². The van der Waals surface area contributed by atoms with Crippen LogP contribution in [0.4, 0.5) is 5.82 Å². The van der Waals surface area contributed by atoms with E-state index in [0.717, 1.165) is 43.2 Å². The maximum atomic E-state index is 6.02. The Morgan fingerprint density at radius 2 is 1.76 bits per heavy atom. The molecule has 21 heavy (non-hydrogen) atoms. The summed E-state index contributed by atoms with van der Waals surface area (Å²) in [4.78, 5) is 10.7. The number of rotatable bonds is 4.